The smallest absolute Gasteiger partial charge is 0.407 e. The summed E-state index contributed by atoms with van der Waals surface area (Å²) in [4.78, 5) is 29.2. The van der Waals surface area contributed by atoms with E-state index in [0.717, 1.165) is 0 Å². The summed E-state index contributed by atoms with van der Waals surface area (Å²) in [6.07, 6.45) is -0.661. The molecule has 0 radical (unpaired) electrons. The lowest BCUT2D eigenvalue weighted by molar-refractivity contribution is -0.178. The van der Waals surface area contributed by atoms with Crippen molar-refractivity contribution < 1.29 is 19.4 Å². The number of para-hydroxylation sites is 1. The van der Waals surface area contributed by atoms with Gasteiger partial charge in [-0.25, -0.2) is 4.79 Å². The second-order valence-corrected chi connectivity index (χ2v) is 5.92. The Morgan fingerprint density at radius 1 is 1.26 bits per heavy atom. The van der Waals surface area contributed by atoms with Crippen LogP contribution in [0.5, 0.6) is 0 Å². The van der Waals surface area contributed by atoms with Gasteiger partial charge in [0.1, 0.15) is 0 Å². The summed E-state index contributed by atoms with van der Waals surface area (Å²) >= 11 is 0. The van der Waals surface area contributed by atoms with Crippen LogP contribution in [0.4, 0.5) is 10.5 Å². The molecule has 1 saturated heterocycles. The van der Waals surface area contributed by atoms with Gasteiger partial charge < -0.3 is 24.5 Å². The number of ether oxygens (including phenoxy) is 1. The summed E-state index contributed by atoms with van der Waals surface area (Å²) in [5, 5.41) is 10.4. The third-order valence-corrected chi connectivity index (χ3v) is 3.77. The maximum Gasteiger partial charge on any atom is 0.412 e. The number of likely N-dealkylation sites (N-methyl/N-ethyl adjacent to an activating group) is 2. The number of carbonyl (C=O) groups excluding carboxylic acids is 2. The quantitative estimate of drug-likeness (QED) is 0.810. The Balaban J connectivity index is 2.00. The highest BCUT2D eigenvalue weighted by atomic mass is 16.7. The number of anilines is 1. The van der Waals surface area contributed by atoms with E-state index < -0.39 is 17.8 Å². The molecule has 1 fully saturated rings. The first kappa shape index (κ1) is 17.2. The summed E-state index contributed by atoms with van der Waals surface area (Å²) < 4.78 is 5.09. The molecule has 0 spiro atoms. The lowest BCUT2D eigenvalue weighted by Gasteiger charge is -2.26. The molecule has 1 aromatic carbocycles. The molecule has 23 heavy (non-hydrogen) atoms. The SMILES string of the molecule is CN(C)CCN(C)C(=O)O[C@@]1(O)CCN(c2ccccc2)C1=O. The fraction of sp³-hybridized carbons (Fsp3) is 0.500. The van der Waals surface area contributed by atoms with Crippen LogP contribution >= 0.6 is 0 Å². The highest BCUT2D eigenvalue weighted by Gasteiger charge is 2.49. The third kappa shape index (κ3) is 4.00. The molecule has 0 bridgehead atoms. The fourth-order valence-corrected chi connectivity index (χ4v) is 2.30. The Labute approximate surface area is 136 Å². The van der Waals surface area contributed by atoms with Crippen LogP contribution in [0.25, 0.3) is 0 Å². The normalized spacial score (nSPS) is 20.9. The molecule has 0 aromatic heterocycles. The average molecular weight is 321 g/mol. The van der Waals surface area contributed by atoms with E-state index in [1.807, 2.05) is 25.1 Å². The molecular formula is C16H23N3O4. The largest absolute Gasteiger partial charge is 0.412 e. The Morgan fingerprint density at radius 2 is 1.91 bits per heavy atom. The molecule has 2 rings (SSSR count). The number of hydrogen-bond acceptors (Lipinski definition) is 5. The van der Waals surface area contributed by atoms with Crippen LogP contribution in [0.1, 0.15) is 6.42 Å². The van der Waals surface area contributed by atoms with Crippen molar-refractivity contribution in [3.63, 3.8) is 0 Å². The Morgan fingerprint density at radius 3 is 2.52 bits per heavy atom. The Hall–Kier alpha value is -2.12. The van der Waals surface area contributed by atoms with Crippen LogP contribution in [0, 0.1) is 0 Å². The standard InChI is InChI=1S/C16H23N3O4/c1-17(2)11-12-18(3)15(21)23-16(22)9-10-19(14(16)20)13-7-5-4-6-8-13/h4-8,22H,9-12H2,1-3H3/t16-/m0/s1. The summed E-state index contributed by atoms with van der Waals surface area (Å²) in [7, 11) is 5.36. The first-order valence-electron chi connectivity index (χ1n) is 7.52. The van der Waals surface area contributed by atoms with Crippen LogP contribution in [0.2, 0.25) is 0 Å². The van der Waals surface area contributed by atoms with E-state index in [9.17, 15) is 14.7 Å². The Kier molecular flexibility index (Phi) is 5.23. The van der Waals surface area contributed by atoms with Crippen molar-refractivity contribution in [2.24, 2.45) is 0 Å². The molecule has 7 nitrogen and oxygen atoms in total. The minimum Gasteiger partial charge on any atom is -0.407 e. The minimum absolute atomic E-state index is 0.0496. The summed E-state index contributed by atoms with van der Waals surface area (Å²) in [6, 6.07) is 9.00. The van der Waals surface area contributed by atoms with Crippen molar-refractivity contribution in [2.75, 3.05) is 45.7 Å². The van der Waals surface area contributed by atoms with Crippen molar-refractivity contribution in [3.8, 4) is 0 Å². The molecule has 2 amide bonds. The first-order valence-corrected chi connectivity index (χ1v) is 7.52. The molecule has 1 atom stereocenters. The summed E-state index contributed by atoms with van der Waals surface area (Å²) in [6.45, 7) is 1.40. The lowest BCUT2D eigenvalue weighted by Crippen LogP contribution is -2.47. The van der Waals surface area contributed by atoms with Crippen LogP contribution in [-0.2, 0) is 9.53 Å². The molecule has 1 aliphatic heterocycles. The van der Waals surface area contributed by atoms with Gasteiger partial charge in [0.25, 0.3) is 11.7 Å². The van der Waals surface area contributed by atoms with E-state index in [-0.39, 0.29) is 6.42 Å². The van der Waals surface area contributed by atoms with Gasteiger partial charge >= 0.3 is 6.09 Å². The molecule has 126 valence electrons. The zero-order valence-electron chi connectivity index (χ0n) is 13.7. The fourth-order valence-electron chi connectivity index (χ4n) is 2.30. The van der Waals surface area contributed by atoms with Gasteiger partial charge in [-0.1, -0.05) is 18.2 Å². The number of rotatable bonds is 5. The predicted octanol–water partition coefficient (Wildman–Crippen LogP) is 0.742. The number of nitrogens with zero attached hydrogens (tertiary/aromatic N) is 3. The molecule has 1 N–H and O–H groups in total. The molecule has 0 aliphatic carbocycles. The van der Waals surface area contributed by atoms with E-state index in [4.69, 9.17) is 4.74 Å². The van der Waals surface area contributed by atoms with Gasteiger partial charge in [-0.3, -0.25) is 4.79 Å². The number of benzene rings is 1. The maximum atomic E-state index is 12.4. The highest BCUT2D eigenvalue weighted by molar-refractivity contribution is 6.01. The van der Waals surface area contributed by atoms with Crippen molar-refractivity contribution in [2.45, 2.75) is 12.2 Å². The van der Waals surface area contributed by atoms with Gasteiger partial charge in [0.15, 0.2) is 0 Å². The zero-order chi connectivity index (χ0) is 17.0. The molecule has 0 unspecified atom stereocenters. The van der Waals surface area contributed by atoms with Crippen LogP contribution in [-0.4, -0.2) is 73.5 Å². The van der Waals surface area contributed by atoms with E-state index in [2.05, 4.69) is 0 Å². The lowest BCUT2D eigenvalue weighted by atomic mass is 10.2. The van der Waals surface area contributed by atoms with E-state index >= 15 is 0 Å². The Bertz CT molecular complexity index is 564. The van der Waals surface area contributed by atoms with Gasteiger partial charge in [-0.15, -0.1) is 0 Å². The van der Waals surface area contributed by atoms with E-state index in [0.29, 0.717) is 25.3 Å². The molecule has 7 heteroatoms. The van der Waals surface area contributed by atoms with Gasteiger partial charge in [0.05, 0.1) is 0 Å². The van der Waals surface area contributed by atoms with Gasteiger partial charge in [0.2, 0.25) is 0 Å². The molecule has 1 heterocycles. The second-order valence-electron chi connectivity index (χ2n) is 5.92. The van der Waals surface area contributed by atoms with Crippen LogP contribution in [0.15, 0.2) is 30.3 Å². The van der Waals surface area contributed by atoms with Gasteiger partial charge in [-0.05, 0) is 26.2 Å². The number of carbonyl (C=O) groups is 2. The molecule has 1 aromatic rings. The van der Waals surface area contributed by atoms with Crippen molar-refractivity contribution in [3.05, 3.63) is 30.3 Å². The molecule has 1 aliphatic rings. The topological polar surface area (TPSA) is 73.3 Å². The maximum absolute atomic E-state index is 12.4. The number of hydrogen-bond donors (Lipinski definition) is 1. The van der Waals surface area contributed by atoms with Crippen LogP contribution in [0.3, 0.4) is 0 Å². The van der Waals surface area contributed by atoms with Crippen molar-refractivity contribution >= 4 is 17.7 Å². The van der Waals surface area contributed by atoms with Crippen LogP contribution < -0.4 is 4.90 Å². The first-order chi connectivity index (χ1) is 10.8. The van der Waals surface area contributed by atoms with Crippen molar-refractivity contribution in [1.29, 1.82) is 0 Å². The number of amides is 2. The second kappa shape index (κ2) is 6.97. The third-order valence-electron chi connectivity index (χ3n) is 3.77. The average Bonchev–Trinajstić information content (AvgIpc) is 2.81. The van der Waals surface area contributed by atoms with Crippen molar-refractivity contribution in [1.82, 2.24) is 9.80 Å². The minimum atomic E-state index is -2.10. The van der Waals surface area contributed by atoms with E-state index in [1.165, 1.54) is 9.80 Å². The van der Waals surface area contributed by atoms with Gasteiger partial charge in [0, 0.05) is 38.8 Å². The number of aliphatic hydroxyl groups is 1. The molecule has 0 saturated carbocycles. The highest BCUT2D eigenvalue weighted by Crippen LogP contribution is 2.29. The summed E-state index contributed by atoms with van der Waals surface area (Å²) in [5.41, 5.74) is 0.672. The zero-order valence-corrected chi connectivity index (χ0v) is 13.7. The van der Waals surface area contributed by atoms with Gasteiger partial charge in [-0.2, -0.15) is 0 Å². The predicted molar refractivity (Wildman–Crippen MR) is 86.0 cm³/mol. The monoisotopic (exact) mass is 321 g/mol. The molecular weight excluding hydrogens is 298 g/mol. The summed E-state index contributed by atoms with van der Waals surface area (Å²) in [5.74, 6) is -2.71. The van der Waals surface area contributed by atoms with E-state index in [1.54, 1.807) is 31.3 Å².